The van der Waals surface area contributed by atoms with Gasteiger partial charge >= 0.3 is 0 Å². The zero-order valence-electron chi connectivity index (χ0n) is 12.0. The molecule has 0 amide bonds. The largest absolute Gasteiger partial charge is 0.464 e. The van der Waals surface area contributed by atoms with Crippen molar-refractivity contribution in [2.24, 2.45) is 5.92 Å². The van der Waals surface area contributed by atoms with E-state index in [-0.39, 0.29) is 0 Å². The minimum absolute atomic E-state index is 0.635. The summed E-state index contributed by atoms with van der Waals surface area (Å²) in [4.78, 5) is 2.40. The molecule has 2 saturated carbocycles. The van der Waals surface area contributed by atoms with E-state index >= 15 is 0 Å². The summed E-state index contributed by atoms with van der Waals surface area (Å²) in [7, 11) is 0. The Morgan fingerprint density at radius 2 is 2.19 bits per heavy atom. The van der Waals surface area contributed by atoms with Crippen molar-refractivity contribution >= 4 is 23.1 Å². The van der Waals surface area contributed by atoms with Crippen LogP contribution < -0.4 is 0 Å². The second kappa shape index (κ2) is 5.38. The second-order valence-electron chi connectivity index (χ2n) is 6.25. The first-order chi connectivity index (χ1) is 10.2. The highest BCUT2D eigenvalue weighted by Gasteiger charge is 2.37. The molecule has 0 N–H and O–H groups in total. The molecule has 0 spiro atoms. The van der Waals surface area contributed by atoms with Crippen LogP contribution in [0, 0.1) is 5.92 Å². The SMILES string of the molecule is CC1CC1c1ccc(CN(Cc2nnsc2Cl)C2CC2)o1. The molecule has 4 nitrogen and oxygen atoms in total. The molecule has 2 aliphatic rings. The molecule has 0 aromatic carbocycles. The van der Waals surface area contributed by atoms with Crippen LogP contribution in [0.15, 0.2) is 16.5 Å². The predicted octanol–water partition coefficient (Wildman–Crippen LogP) is 4.07. The van der Waals surface area contributed by atoms with Crippen LogP contribution in [-0.4, -0.2) is 20.5 Å². The van der Waals surface area contributed by atoms with Gasteiger partial charge in [0.2, 0.25) is 0 Å². The number of nitrogens with zero attached hydrogens (tertiary/aromatic N) is 3. The van der Waals surface area contributed by atoms with E-state index in [4.69, 9.17) is 16.0 Å². The smallest absolute Gasteiger partial charge is 0.138 e. The molecular formula is C15H18ClN3OS. The molecule has 2 aromatic rings. The van der Waals surface area contributed by atoms with E-state index in [1.807, 2.05) is 0 Å². The Bertz CT molecular complexity index is 636. The van der Waals surface area contributed by atoms with E-state index in [1.165, 1.54) is 30.8 Å². The molecule has 2 aromatic heterocycles. The summed E-state index contributed by atoms with van der Waals surface area (Å²) in [6.07, 6.45) is 3.77. The van der Waals surface area contributed by atoms with Gasteiger partial charge in [0.05, 0.1) is 6.54 Å². The van der Waals surface area contributed by atoms with Crippen molar-refractivity contribution in [3.8, 4) is 0 Å². The molecule has 0 bridgehead atoms. The summed E-state index contributed by atoms with van der Waals surface area (Å²) in [6, 6.07) is 4.90. The minimum Gasteiger partial charge on any atom is -0.464 e. The van der Waals surface area contributed by atoms with E-state index in [0.29, 0.717) is 16.3 Å². The van der Waals surface area contributed by atoms with Crippen molar-refractivity contribution < 1.29 is 4.42 Å². The fourth-order valence-electron chi connectivity index (χ4n) is 2.83. The number of hydrogen-bond acceptors (Lipinski definition) is 5. The average molecular weight is 324 g/mol. The minimum atomic E-state index is 0.635. The van der Waals surface area contributed by atoms with Crippen LogP contribution in [-0.2, 0) is 13.1 Å². The quantitative estimate of drug-likeness (QED) is 0.803. The number of rotatable bonds is 6. The van der Waals surface area contributed by atoms with Gasteiger partial charge < -0.3 is 4.42 Å². The van der Waals surface area contributed by atoms with Crippen molar-refractivity contribution in [1.82, 2.24) is 14.5 Å². The number of aromatic nitrogens is 2. The van der Waals surface area contributed by atoms with Crippen LogP contribution in [0.3, 0.4) is 0 Å². The molecule has 112 valence electrons. The van der Waals surface area contributed by atoms with Crippen LogP contribution in [0.1, 0.15) is 49.3 Å². The van der Waals surface area contributed by atoms with Crippen molar-refractivity contribution in [1.29, 1.82) is 0 Å². The standard InChI is InChI=1S/C15H18ClN3OS/c1-9-6-12(9)14-5-4-11(20-14)7-19(10-2-3-10)8-13-15(16)21-18-17-13/h4-5,9-10,12H,2-3,6-8H2,1H3. The Morgan fingerprint density at radius 1 is 1.38 bits per heavy atom. The maximum Gasteiger partial charge on any atom is 0.138 e. The lowest BCUT2D eigenvalue weighted by Crippen LogP contribution is -2.25. The predicted molar refractivity (Wildman–Crippen MR) is 82.4 cm³/mol. The third kappa shape index (κ3) is 3.00. The summed E-state index contributed by atoms with van der Waals surface area (Å²) < 4.78 is 10.6. The Hall–Kier alpha value is -0.910. The third-order valence-electron chi connectivity index (χ3n) is 4.44. The highest BCUT2D eigenvalue weighted by atomic mass is 35.5. The molecule has 2 atom stereocenters. The molecule has 2 unspecified atom stereocenters. The second-order valence-corrected chi connectivity index (χ2v) is 7.61. The van der Waals surface area contributed by atoms with Crippen LogP contribution in [0.4, 0.5) is 0 Å². The Labute approximate surface area is 133 Å². The fraction of sp³-hybridized carbons (Fsp3) is 0.600. The zero-order valence-corrected chi connectivity index (χ0v) is 13.5. The van der Waals surface area contributed by atoms with Gasteiger partial charge in [0, 0.05) is 30.0 Å². The molecular weight excluding hydrogens is 306 g/mol. The zero-order chi connectivity index (χ0) is 14.4. The van der Waals surface area contributed by atoms with E-state index in [2.05, 4.69) is 33.5 Å². The van der Waals surface area contributed by atoms with Gasteiger partial charge in [-0.1, -0.05) is 23.0 Å². The van der Waals surface area contributed by atoms with Gasteiger partial charge in [-0.05, 0) is 37.3 Å². The monoisotopic (exact) mass is 323 g/mol. The molecule has 0 saturated heterocycles. The van der Waals surface area contributed by atoms with Crippen LogP contribution in [0.25, 0.3) is 0 Å². The Kier molecular flexibility index (Phi) is 3.52. The molecule has 2 fully saturated rings. The normalized spacial score (nSPS) is 24.7. The highest BCUT2D eigenvalue weighted by molar-refractivity contribution is 7.10. The summed E-state index contributed by atoms with van der Waals surface area (Å²) >= 11 is 7.38. The maximum atomic E-state index is 6.13. The molecule has 2 heterocycles. The third-order valence-corrected chi connectivity index (χ3v) is 5.43. The average Bonchev–Trinajstić information content (AvgIpc) is 3.35. The number of hydrogen-bond donors (Lipinski definition) is 0. The first-order valence-electron chi connectivity index (χ1n) is 7.50. The lowest BCUT2D eigenvalue weighted by atomic mass is 10.3. The van der Waals surface area contributed by atoms with Gasteiger partial charge in [-0.25, -0.2) is 0 Å². The number of furan rings is 1. The van der Waals surface area contributed by atoms with Crippen molar-refractivity contribution in [2.45, 2.75) is 51.2 Å². The summed E-state index contributed by atoms with van der Waals surface area (Å²) in [5.41, 5.74) is 0.885. The van der Waals surface area contributed by atoms with Crippen molar-refractivity contribution in [2.75, 3.05) is 0 Å². The fourth-order valence-corrected chi connectivity index (χ4v) is 3.45. The molecule has 0 radical (unpaired) electrons. The first kappa shape index (κ1) is 13.7. The Balaban J connectivity index is 1.45. The van der Waals surface area contributed by atoms with E-state index in [9.17, 15) is 0 Å². The molecule has 6 heteroatoms. The Morgan fingerprint density at radius 3 is 2.81 bits per heavy atom. The molecule has 4 rings (SSSR count). The van der Waals surface area contributed by atoms with E-state index in [0.717, 1.165) is 36.2 Å². The summed E-state index contributed by atoms with van der Waals surface area (Å²) in [5.74, 6) is 3.63. The molecule has 0 aliphatic heterocycles. The lowest BCUT2D eigenvalue weighted by molar-refractivity contribution is 0.220. The van der Waals surface area contributed by atoms with Crippen LogP contribution in [0.2, 0.25) is 4.34 Å². The van der Waals surface area contributed by atoms with Gasteiger partial charge in [0.25, 0.3) is 0 Å². The molecule has 2 aliphatic carbocycles. The van der Waals surface area contributed by atoms with Crippen LogP contribution in [0.5, 0.6) is 0 Å². The number of halogens is 1. The summed E-state index contributed by atoms with van der Waals surface area (Å²) in [6.45, 7) is 3.87. The summed E-state index contributed by atoms with van der Waals surface area (Å²) in [5, 5.41) is 4.13. The van der Waals surface area contributed by atoms with Gasteiger partial charge in [-0.2, -0.15) is 0 Å². The topological polar surface area (TPSA) is 42.2 Å². The lowest BCUT2D eigenvalue weighted by Gasteiger charge is -2.19. The highest BCUT2D eigenvalue weighted by Crippen LogP contribution is 2.47. The van der Waals surface area contributed by atoms with Gasteiger partial charge in [0.15, 0.2) is 0 Å². The van der Waals surface area contributed by atoms with Gasteiger partial charge in [-0.15, -0.1) is 5.10 Å². The van der Waals surface area contributed by atoms with E-state index < -0.39 is 0 Å². The van der Waals surface area contributed by atoms with Gasteiger partial charge in [0.1, 0.15) is 21.6 Å². The van der Waals surface area contributed by atoms with E-state index in [1.54, 1.807) is 0 Å². The van der Waals surface area contributed by atoms with Crippen molar-refractivity contribution in [3.05, 3.63) is 33.7 Å². The molecule has 21 heavy (non-hydrogen) atoms. The van der Waals surface area contributed by atoms with Crippen LogP contribution >= 0.6 is 23.1 Å². The van der Waals surface area contributed by atoms with Gasteiger partial charge in [-0.3, -0.25) is 4.90 Å². The van der Waals surface area contributed by atoms with Crippen molar-refractivity contribution in [3.63, 3.8) is 0 Å². The maximum absolute atomic E-state index is 6.13. The first-order valence-corrected chi connectivity index (χ1v) is 8.65.